The topological polar surface area (TPSA) is 143 Å². The van der Waals surface area contributed by atoms with Crippen molar-refractivity contribution in [3.8, 4) is 0 Å². The van der Waals surface area contributed by atoms with Gasteiger partial charge in [-0.3, -0.25) is 9.35 Å². The zero-order valence-corrected chi connectivity index (χ0v) is 27.2. The fraction of sp³-hybridized carbons (Fsp3) is 0.906. The molecule has 8 atom stereocenters. The van der Waals surface area contributed by atoms with Gasteiger partial charge in [-0.2, -0.15) is 8.42 Å². The number of nitrogens with two attached hydrogens (primary N) is 1. The Balaban J connectivity index is 1.22. The Morgan fingerprint density at radius 3 is 2.38 bits per heavy atom. The largest absolute Gasteiger partial charge is 0.397 e. The molecule has 0 bridgehead atoms. The van der Waals surface area contributed by atoms with Crippen molar-refractivity contribution in [3.05, 3.63) is 11.6 Å². The predicted molar refractivity (Wildman–Crippen MR) is 167 cm³/mol. The number of hydrogen-bond acceptors (Lipinski definition) is 7. The Morgan fingerprint density at radius 2 is 1.69 bits per heavy atom. The highest BCUT2D eigenvalue weighted by Gasteiger charge is 2.59. The average Bonchev–Trinajstić information content (AvgIpc) is 3.29. The SMILES string of the molecule is CC(C(=O)NCCCNCCCCNCCCN)[C@H]1CCC2C3CC=C4C[C@@H](OS(=O)(=O)O)CC[C@]4(C)C3CC[C@@]21C. The predicted octanol–water partition coefficient (Wildman–Crippen LogP) is 4.20. The highest BCUT2D eigenvalue weighted by molar-refractivity contribution is 7.80. The zero-order valence-electron chi connectivity index (χ0n) is 26.3. The first-order valence-electron chi connectivity index (χ1n) is 16.7. The van der Waals surface area contributed by atoms with Crippen LogP contribution in [0, 0.1) is 40.4 Å². The summed E-state index contributed by atoms with van der Waals surface area (Å²) < 4.78 is 36.8. The van der Waals surface area contributed by atoms with Crippen LogP contribution in [0.4, 0.5) is 0 Å². The van der Waals surface area contributed by atoms with E-state index in [-0.39, 0.29) is 22.7 Å². The molecule has 0 aliphatic heterocycles. The van der Waals surface area contributed by atoms with E-state index in [9.17, 15) is 17.8 Å². The number of unbranched alkanes of at least 4 members (excludes halogenated alkanes) is 1. The number of hydrogen-bond donors (Lipinski definition) is 5. The second kappa shape index (κ2) is 14.8. The van der Waals surface area contributed by atoms with E-state index in [2.05, 4.69) is 42.8 Å². The normalized spacial score (nSPS) is 35.1. The van der Waals surface area contributed by atoms with E-state index in [1.165, 1.54) is 12.0 Å². The van der Waals surface area contributed by atoms with Gasteiger partial charge in [0.05, 0.1) is 6.10 Å². The van der Waals surface area contributed by atoms with Crippen molar-refractivity contribution in [1.82, 2.24) is 16.0 Å². The number of rotatable bonds is 16. The molecule has 0 aromatic rings. The smallest absolute Gasteiger partial charge is 0.356 e. The van der Waals surface area contributed by atoms with Gasteiger partial charge in [-0.1, -0.05) is 32.4 Å². The van der Waals surface area contributed by atoms with E-state index >= 15 is 0 Å². The number of fused-ring (bicyclic) bond motifs is 5. The molecule has 0 saturated heterocycles. The second-order valence-electron chi connectivity index (χ2n) is 14.2. The Hall–Kier alpha value is -1.04. The summed E-state index contributed by atoms with van der Waals surface area (Å²) >= 11 is 0. The molecule has 1 amide bonds. The van der Waals surface area contributed by atoms with Crippen molar-refractivity contribution >= 4 is 16.3 Å². The van der Waals surface area contributed by atoms with Crippen LogP contribution >= 0.6 is 0 Å². The molecule has 4 aliphatic rings. The maximum atomic E-state index is 13.3. The van der Waals surface area contributed by atoms with Crippen molar-refractivity contribution in [2.45, 2.75) is 104 Å². The van der Waals surface area contributed by atoms with Gasteiger partial charge in [0.1, 0.15) is 0 Å². The Bertz CT molecular complexity index is 1040. The van der Waals surface area contributed by atoms with Gasteiger partial charge in [0.25, 0.3) is 0 Å². The van der Waals surface area contributed by atoms with E-state index in [0.29, 0.717) is 36.5 Å². The summed E-state index contributed by atoms with van der Waals surface area (Å²) in [5.74, 6) is 2.47. The maximum Gasteiger partial charge on any atom is 0.397 e. The van der Waals surface area contributed by atoms with E-state index < -0.39 is 16.5 Å². The van der Waals surface area contributed by atoms with Crippen LogP contribution in [-0.2, 0) is 19.4 Å². The summed E-state index contributed by atoms with van der Waals surface area (Å²) in [5, 5.41) is 10.2. The fourth-order valence-electron chi connectivity index (χ4n) is 9.49. The lowest BCUT2D eigenvalue weighted by molar-refractivity contribution is -0.129. The van der Waals surface area contributed by atoms with Crippen molar-refractivity contribution in [2.75, 3.05) is 39.3 Å². The van der Waals surface area contributed by atoms with Crippen LogP contribution in [0.5, 0.6) is 0 Å². The lowest BCUT2D eigenvalue weighted by atomic mass is 9.47. The van der Waals surface area contributed by atoms with Crippen LogP contribution in [-0.4, -0.2) is 64.3 Å². The minimum Gasteiger partial charge on any atom is -0.356 e. The summed E-state index contributed by atoms with van der Waals surface area (Å²) in [6.45, 7) is 12.5. The highest BCUT2D eigenvalue weighted by atomic mass is 32.3. The van der Waals surface area contributed by atoms with Crippen LogP contribution in [0.2, 0.25) is 0 Å². The molecular formula is C32H58N4O5S. The van der Waals surface area contributed by atoms with Crippen LogP contribution < -0.4 is 21.7 Å². The monoisotopic (exact) mass is 610 g/mol. The first kappa shape index (κ1) is 33.8. The van der Waals surface area contributed by atoms with Gasteiger partial charge in [-0.15, -0.1) is 0 Å². The molecule has 3 fully saturated rings. The first-order chi connectivity index (χ1) is 20.0. The third-order valence-corrected chi connectivity index (χ3v) is 12.3. The maximum absolute atomic E-state index is 13.3. The van der Waals surface area contributed by atoms with Crippen LogP contribution in [0.1, 0.15) is 97.8 Å². The van der Waals surface area contributed by atoms with E-state index in [0.717, 1.165) is 97.1 Å². The van der Waals surface area contributed by atoms with Gasteiger partial charge in [0.2, 0.25) is 5.91 Å². The van der Waals surface area contributed by atoms with E-state index in [1.807, 2.05) is 0 Å². The van der Waals surface area contributed by atoms with Crippen LogP contribution in [0.15, 0.2) is 11.6 Å². The second-order valence-corrected chi connectivity index (χ2v) is 15.2. The quantitative estimate of drug-likeness (QED) is 0.0994. The number of allylic oxidation sites excluding steroid dienone is 1. The number of carbonyl (C=O) groups excluding carboxylic acids is 1. The lowest BCUT2D eigenvalue weighted by Crippen LogP contribution is -2.51. The molecule has 0 aromatic heterocycles. The molecule has 0 spiro atoms. The number of carbonyl (C=O) groups is 1. The molecule has 6 N–H and O–H groups in total. The number of nitrogens with one attached hydrogen (secondary N) is 3. The molecule has 0 radical (unpaired) electrons. The van der Waals surface area contributed by atoms with Crippen molar-refractivity contribution in [1.29, 1.82) is 0 Å². The summed E-state index contributed by atoms with van der Waals surface area (Å²) in [7, 11) is -4.43. The molecule has 42 heavy (non-hydrogen) atoms. The molecule has 9 nitrogen and oxygen atoms in total. The molecule has 4 rings (SSSR count). The minimum atomic E-state index is -4.43. The highest BCUT2D eigenvalue weighted by Crippen LogP contribution is 2.67. The summed E-state index contributed by atoms with van der Waals surface area (Å²) in [6.07, 6.45) is 14.0. The van der Waals surface area contributed by atoms with Gasteiger partial charge >= 0.3 is 10.4 Å². The summed E-state index contributed by atoms with van der Waals surface area (Å²) in [4.78, 5) is 13.3. The molecule has 4 unspecified atom stereocenters. The Kier molecular flexibility index (Phi) is 11.9. The Labute approximate surface area is 254 Å². The van der Waals surface area contributed by atoms with Crippen molar-refractivity contribution < 1.29 is 21.9 Å². The van der Waals surface area contributed by atoms with Gasteiger partial charge in [-0.25, -0.2) is 4.18 Å². The van der Waals surface area contributed by atoms with Crippen LogP contribution in [0.25, 0.3) is 0 Å². The molecule has 0 heterocycles. The third kappa shape index (κ3) is 7.96. The first-order valence-corrected chi connectivity index (χ1v) is 18.1. The molecule has 10 heteroatoms. The van der Waals surface area contributed by atoms with Gasteiger partial charge in [-0.05, 0) is 144 Å². The number of amides is 1. The molecule has 4 aliphatic carbocycles. The van der Waals surface area contributed by atoms with Crippen LogP contribution in [0.3, 0.4) is 0 Å². The zero-order chi connectivity index (χ0) is 30.4. The third-order valence-electron chi connectivity index (χ3n) is 11.8. The van der Waals surface area contributed by atoms with Gasteiger partial charge in [0.15, 0.2) is 0 Å². The Morgan fingerprint density at radius 1 is 1.00 bits per heavy atom. The molecule has 3 saturated carbocycles. The summed E-state index contributed by atoms with van der Waals surface area (Å²) in [5.41, 5.74) is 7.08. The van der Waals surface area contributed by atoms with E-state index in [4.69, 9.17) is 9.92 Å². The van der Waals surface area contributed by atoms with Gasteiger partial charge in [0, 0.05) is 12.5 Å². The molecule has 242 valence electrons. The minimum absolute atomic E-state index is 0.0228. The molecule has 0 aromatic carbocycles. The summed E-state index contributed by atoms with van der Waals surface area (Å²) in [6, 6.07) is 0. The fourth-order valence-corrected chi connectivity index (χ4v) is 10.00. The average molecular weight is 611 g/mol. The van der Waals surface area contributed by atoms with Crippen molar-refractivity contribution in [3.63, 3.8) is 0 Å². The van der Waals surface area contributed by atoms with Crippen molar-refractivity contribution in [2.24, 2.45) is 46.2 Å². The standard InChI is InChI=1S/C32H58N4O5S/c1-23(30(37)36-21-7-20-35-18-5-4-17-34-19-6-16-33)27-10-11-28-26-9-8-24-22-25(41-42(38,39)40)12-14-31(24,2)29(26)13-15-32(27,28)3/h8,23,25-29,34-35H,4-7,9-22,33H2,1-3H3,(H,36,37)(H,38,39,40)/t23?,25-,26?,27+,28?,29?,31-,32+/m0/s1. The van der Waals surface area contributed by atoms with E-state index in [1.54, 1.807) is 0 Å². The lowest BCUT2D eigenvalue weighted by Gasteiger charge is -2.58. The van der Waals surface area contributed by atoms with Gasteiger partial charge < -0.3 is 21.7 Å². The molecular weight excluding hydrogens is 552 g/mol.